The Morgan fingerprint density at radius 3 is 2.62 bits per heavy atom. The molecule has 1 aromatic rings. The van der Waals surface area contributed by atoms with Crippen molar-refractivity contribution in [2.75, 3.05) is 5.75 Å². The highest BCUT2D eigenvalue weighted by atomic mass is 32.2. The van der Waals surface area contributed by atoms with Crippen LogP contribution < -0.4 is 10.6 Å². The minimum absolute atomic E-state index is 0.109. The minimum atomic E-state index is -0.410. The summed E-state index contributed by atoms with van der Waals surface area (Å²) in [5, 5.41) is 5.63. The van der Waals surface area contributed by atoms with Crippen molar-refractivity contribution in [1.82, 2.24) is 15.6 Å². The smallest absolute Gasteiger partial charge is 0.321 e. The SMILES string of the molecule is Cc1nc(SCC(=O)NC(=O)NC2CCCCC2)oc1C. The molecule has 1 heterocycles. The van der Waals surface area contributed by atoms with Crippen LogP contribution in [0.25, 0.3) is 0 Å². The van der Waals surface area contributed by atoms with E-state index in [0.717, 1.165) is 37.1 Å². The molecule has 21 heavy (non-hydrogen) atoms. The number of carbonyl (C=O) groups is 2. The van der Waals surface area contributed by atoms with Crippen LogP contribution in [0.4, 0.5) is 4.79 Å². The second kappa shape index (κ2) is 7.49. The maximum Gasteiger partial charge on any atom is 0.321 e. The van der Waals surface area contributed by atoms with E-state index >= 15 is 0 Å². The Kier molecular flexibility index (Phi) is 5.67. The predicted octanol–water partition coefficient (Wildman–Crippen LogP) is 2.54. The van der Waals surface area contributed by atoms with Crippen molar-refractivity contribution >= 4 is 23.7 Å². The number of rotatable bonds is 4. The lowest BCUT2D eigenvalue weighted by atomic mass is 9.96. The number of aryl methyl sites for hydroxylation is 2. The van der Waals surface area contributed by atoms with Crippen molar-refractivity contribution in [3.05, 3.63) is 11.5 Å². The number of thioether (sulfide) groups is 1. The normalized spacial score (nSPS) is 15.7. The van der Waals surface area contributed by atoms with Crippen molar-refractivity contribution in [3.63, 3.8) is 0 Å². The summed E-state index contributed by atoms with van der Waals surface area (Å²) in [6.45, 7) is 3.67. The molecule has 0 aromatic carbocycles. The third kappa shape index (κ3) is 5.08. The molecular formula is C14H21N3O3S. The fourth-order valence-corrected chi connectivity index (χ4v) is 2.98. The van der Waals surface area contributed by atoms with Crippen LogP contribution in [0, 0.1) is 13.8 Å². The van der Waals surface area contributed by atoms with Gasteiger partial charge in [-0.2, -0.15) is 0 Å². The molecule has 6 nitrogen and oxygen atoms in total. The number of nitrogens with one attached hydrogen (secondary N) is 2. The Bertz CT molecular complexity index is 490. The Morgan fingerprint density at radius 2 is 2.00 bits per heavy atom. The summed E-state index contributed by atoms with van der Waals surface area (Å²) in [7, 11) is 0. The summed E-state index contributed by atoms with van der Waals surface area (Å²) >= 11 is 1.18. The third-order valence-electron chi connectivity index (χ3n) is 3.53. The van der Waals surface area contributed by atoms with Crippen molar-refractivity contribution in [2.24, 2.45) is 0 Å². The van der Waals surface area contributed by atoms with Crippen molar-refractivity contribution in [1.29, 1.82) is 0 Å². The zero-order chi connectivity index (χ0) is 15.2. The summed E-state index contributed by atoms with van der Waals surface area (Å²) in [6, 6.07) is -0.219. The number of oxazole rings is 1. The van der Waals surface area contributed by atoms with E-state index < -0.39 is 6.03 Å². The maximum absolute atomic E-state index is 11.7. The molecule has 1 aliphatic rings. The van der Waals surface area contributed by atoms with Gasteiger partial charge in [0.1, 0.15) is 5.76 Å². The highest BCUT2D eigenvalue weighted by molar-refractivity contribution is 7.99. The molecule has 0 saturated heterocycles. The zero-order valence-electron chi connectivity index (χ0n) is 12.4. The molecule has 0 aliphatic heterocycles. The molecule has 3 amide bonds. The van der Waals surface area contributed by atoms with Crippen molar-refractivity contribution in [3.8, 4) is 0 Å². The first-order valence-electron chi connectivity index (χ1n) is 7.22. The topological polar surface area (TPSA) is 84.2 Å². The monoisotopic (exact) mass is 311 g/mol. The molecule has 0 unspecified atom stereocenters. The van der Waals surface area contributed by atoms with Gasteiger partial charge in [-0.3, -0.25) is 10.1 Å². The fourth-order valence-electron chi connectivity index (χ4n) is 2.26. The molecule has 7 heteroatoms. The molecular weight excluding hydrogens is 290 g/mol. The van der Waals surface area contributed by atoms with Gasteiger partial charge in [0.05, 0.1) is 11.4 Å². The average Bonchev–Trinajstić information content (AvgIpc) is 2.76. The van der Waals surface area contributed by atoms with E-state index in [1.807, 2.05) is 13.8 Å². The van der Waals surface area contributed by atoms with Gasteiger partial charge < -0.3 is 9.73 Å². The number of urea groups is 1. The van der Waals surface area contributed by atoms with E-state index in [-0.39, 0.29) is 17.7 Å². The number of aromatic nitrogens is 1. The Balaban J connectivity index is 1.69. The summed E-state index contributed by atoms with van der Waals surface area (Å²) in [5.41, 5.74) is 0.813. The molecule has 0 spiro atoms. The number of imide groups is 1. The summed E-state index contributed by atoms with van der Waals surface area (Å²) in [5.74, 6) is 0.507. The van der Waals surface area contributed by atoms with Crippen molar-refractivity contribution in [2.45, 2.75) is 57.2 Å². The summed E-state index contributed by atoms with van der Waals surface area (Å²) in [4.78, 5) is 27.6. The van der Waals surface area contributed by atoms with Crippen LogP contribution in [0.5, 0.6) is 0 Å². The highest BCUT2D eigenvalue weighted by Gasteiger charge is 2.17. The molecule has 1 fully saturated rings. The van der Waals surface area contributed by atoms with E-state index in [0.29, 0.717) is 5.22 Å². The summed E-state index contributed by atoms with van der Waals surface area (Å²) < 4.78 is 5.36. The van der Waals surface area contributed by atoms with Gasteiger partial charge in [0.25, 0.3) is 5.22 Å². The Morgan fingerprint density at radius 1 is 1.29 bits per heavy atom. The van der Waals surface area contributed by atoms with Gasteiger partial charge >= 0.3 is 6.03 Å². The quantitative estimate of drug-likeness (QED) is 0.835. The number of nitrogens with zero attached hydrogens (tertiary/aromatic N) is 1. The van der Waals surface area contributed by atoms with Gasteiger partial charge in [0.15, 0.2) is 0 Å². The molecule has 2 rings (SSSR count). The largest absolute Gasteiger partial charge is 0.437 e. The maximum atomic E-state index is 11.7. The van der Waals surface area contributed by atoms with Crippen LogP contribution in [-0.2, 0) is 4.79 Å². The van der Waals surface area contributed by atoms with E-state index in [1.165, 1.54) is 18.2 Å². The molecule has 0 atom stereocenters. The molecule has 116 valence electrons. The lowest BCUT2D eigenvalue weighted by molar-refractivity contribution is -0.117. The number of hydrogen-bond donors (Lipinski definition) is 2. The lowest BCUT2D eigenvalue weighted by Crippen LogP contribution is -2.45. The van der Waals surface area contributed by atoms with Crippen LogP contribution in [0.2, 0.25) is 0 Å². The first kappa shape index (κ1) is 15.9. The van der Waals surface area contributed by atoms with Gasteiger partial charge in [-0.15, -0.1) is 0 Å². The molecule has 0 radical (unpaired) electrons. The van der Waals surface area contributed by atoms with Crippen LogP contribution >= 0.6 is 11.8 Å². The van der Waals surface area contributed by atoms with Crippen LogP contribution in [0.1, 0.15) is 43.6 Å². The van der Waals surface area contributed by atoms with Gasteiger partial charge in [-0.05, 0) is 26.7 Å². The zero-order valence-corrected chi connectivity index (χ0v) is 13.2. The minimum Gasteiger partial charge on any atom is -0.437 e. The van der Waals surface area contributed by atoms with Crippen molar-refractivity contribution < 1.29 is 14.0 Å². The number of hydrogen-bond acceptors (Lipinski definition) is 5. The van der Waals surface area contributed by atoms with E-state index in [1.54, 1.807) is 0 Å². The molecule has 0 bridgehead atoms. The van der Waals surface area contributed by atoms with Gasteiger partial charge in [0, 0.05) is 6.04 Å². The van der Waals surface area contributed by atoms with E-state index in [9.17, 15) is 9.59 Å². The molecule has 2 N–H and O–H groups in total. The standard InChI is InChI=1S/C14H21N3O3S/c1-9-10(2)20-14(15-9)21-8-12(18)17-13(19)16-11-6-4-3-5-7-11/h11H,3-8H2,1-2H3,(H2,16,17,18,19). The molecule has 1 aromatic heterocycles. The molecule has 1 saturated carbocycles. The highest BCUT2D eigenvalue weighted by Crippen LogP contribution is 2.20. The van der Waals surface area contributed by atoms with Gasteiger partial charge in [-0.1, -0.05) is 31.0 Å². The lowest BCUT2D eigenvalue weighted by Gasteiger charge is -2.22. The fraction of sp³-hybridized carbons (Fsp3) is 0.643. The second-order valence-corrected chi connectivity index (χ2v) is 6.19. The number of amides is 3. The average molecular weight is 311 g/mol. The second-order valence-electron chi connectivity index (χ2n) is 5.27. The van der Waals surface area contributed by atoms with Crippen LogP contribution in [-0.4, -0.2) is 28.7 Å². The predicted molar refractivity (Wildman–Crippen MR) is 80.2 cm³/mol. The Labute approximate surface area is 128 Å². The Hall–Kier alpha value is -1.50. The van der Waals surface area contributed by atoms with Gasteiger partial charge in [-0.25, -0.2) is 9.78 Å². The van der Waals surface area contributed by atoms with Gasteiger partial charge in [0.2, 0.25) is 5.91 Å². The van der Waals surface area contributed by atoms with Crippen LogP contribution in [0.15, 0.2) is 9.64 Å². The first-order valence-corrected chi connectivity index (χ1v) is 8.20. The molecule has 1 aliphatic carbocycles. The first-order chi connectivity index (χ1) is 10.0. The van der Waals surface area contributed by atoms with E-state index in [2.05, 4.69) is 15.6 Å². The third-order valence-corrected chi connectivity index (χ3v) is 4.36. The number of carbonyl (C=O) groups excluding carboxylic acids is 2. The van der Waals surface area contributed by atoms with E-state index in [4.69, 9.17) is 4.42 Å². The summed E-state index contributed by atoms with van der Waals surface area (Å²) in [6.07, 6.45) is 5.48. The van der Waals surface area contributed by atoms with Crippen LogP contribution in [0.3, 0.4) is 0 Å².